The van der Waals surface area contributed by atoms with Gasteiger partial charge in [-0.05, 0) is 95.8 Å². The van der Waals surface area contributed by atoms with Crippen molar-refractivity contribution in [2.75, 3.05) is 7.11 Å². The van der Waals surface area contributed by atoms with E-state index >= 15 is 0 Å². The molecule has 8 rings (SSSR count). The van der Waals surface area contributed by atoms with E-state index in [0.29, 0.717) is 24.0 Å². The van der Waals surface area contributed by atoms with Gasteiger partial charge in [0.25, 0.3) is 0 Å². The quantitative estimate of drug-likeness (QED) is 0.0516. The SMILES string of the molecule is C.C=Cc1ccc(C(=O)c2[nH]c(Cl)c(Cl)c2-n2c(C(=O)c3ccc(C=C)cc3O)cc(Cl)c2Cl)c(O)c1.CCc1ccc(C(=O)c2[nH]c(Cl)c(Cl)c2-n2c(C(=O)c3ccc(CC)cc3O)cc(Cl)c2Cl)c(O)c1.CO. The van der Waals surface area contributed by atoms with Gasteiger partial charge in [0.15, 0.2) is 0 Å². The van der Waals surface area contributed by atoms with E-state index in [4.69, 9.17) is 97.9 Å². The molecule has 0 aliphatic rings. The zero-order chi connectivity index (χ0) is 54.6. The van der Waals surface area contributed by atoms with Crippen LogP contribution in [0.4, 0.5) is 0 Å². The molecule has 0 aliphatic carbocycles. The molecule has 8 aromatic rings. The third kappa shape index (κ3) is 11.7. The Morgan fingerprint density at radius 1 is 0.493 bits per heavy atom. The van der Waals surface area contributed by atoms with Crippen molar-refractivity contribution in [3.05, 3.63) is 206 Å². The Bertz CT molecular complexity index is 3340. The summed E-state index contributed by atoms with van der Waals surface area (Å²) in [5, 5.41) is 48.2. The molecule has 0 saturated heterocycles. The molecule has 0 unspecified atom stereocenters. The number of carbonyl (C=O) groups is 4. The lowest BCUT2D eigenvalue weighted by Crippen LogP contribution is -2.13. The third-order valence-electron chi connectivity index (χ3n) is 11.3. The third-order valence-corrected chi connectivity index (χ3v) is 14.4. The number of hydrogen-bond donors (Lipinski definition) is 7. The lowest BCUT2D eigenvalue weighted by atomic mass is 10.0. The number of aliphatic hydroxyl groups excluding tert-OH is 1. The second kappa shape index (κ2) is 25.0. The van der Waals surface area contributed by atoms with Gasteiger partial charge in [0.05, 0.1) is 55.1 Å². The predicted octanol–water partition coefficient (Wildman–Crippen LogP) is 15.2. The number of phenols is 4. The Balaban J connectivity index is 0.000000265. The van der Waals surface area contributed by atoms with Crippen LogP contribution in [-0.4, -0.2) is 74.9 Å². The number of H-pyrrole nitrogens is 2. The van der Waals surface area contributed by atoms with Crippen molar-refractivity contribution in [3.8, 4) is 34.4 Å². The van der Waals surface area contributed by atoms with Crippen LogP contribution >= 0.6 is 92.8 Å². The van der Waals surface area contributed by atoms with Crippen LogP contribution in [0.2, 0.25) is 40.7 Å². The number of aromatic nitrogens is 4. The number of aryl methyl sites for hydroxylation is 2. The van der Waals surface area contributed by atoms with E-state index in [0.717, 1.165) is 18.2 Å². The van der Waals surface area contributed by atoms with Crippen LogP contribution in [0.1, 0.15) is 108 Å². The van der Waals surface area contributed by atoms with Crippen molar-refractivity contribution < 1.29 is 44.7 Å². The van der Waals surface area contributed by atoms with Gasteiger partial charge in [-0.2, -0.15) is 0 Å². The lowest BCUT2D eigenvalue weighted by molar-refractivity contribution is 0.101. The number of carbonyl (C=O) groups excluding carboxylic acids is 4. The van der Waals surface area contributed by atoms with Gasteiger partial charge in [-0.15, -0.1) is 0 Å². The number of nitrogens with zero attached hydrogens (tertiary/aromatic N) is 2. The summed E-state index contributed by atoms with van der Waals surface area (Å²) in [7, 11) is 1.00. The first kappa shape index (κ1) is 59.5. The Kier molecular flexibility index (Phi) is 19.8. The zero-order valence-electron chi connectivity index (χ0n) is 38.9. The Hall–Kier alpha value is -6.36. The minimum absolute atomic E-state index is 0. The minimum Gasteiger partial charge on any atom is -0.507 e. The fourth-order valence-electron chi connectivity index (χ4n) is 7.57. The largest absolute Gasteiger partial charge is 0.507 e. The molecule has 0 amide bonds. The van der Waals surface area contributed by atoms with E-state index in [1.165, 1.54) is 81.9 Å². The first-order valence-electron chi connectivity index (χ1n) is 21.6. The van der Waals surface area contributed by atoms with Crippen LogP contribution in [-0.2, 0) is 12.8 Å². The molecule has 21 heteroatoms. The lowest BCUT2D eigenvalue weighted by Gasteiger charge is -2.13. The summed E-state index contributed by atoms with van der Waals surface area (Å²) in [6.07, 6.45) is 4.37. The maximum atomic E-state index is 13.5. The molecule has 0 spiro atoms. The Labute approximate surface area is 470 Å². The van der Waals surface area contributed by atoms with E-state index in [-0.39, 0.29) is 128 Å². The number of nitrogens with one attached hydrogen (secondary N) is 2. The molecule has 390 valence electrons. The van der Waals surface area contributed by atoms with Crippen LogP contribution in [0, 0.1) is 0 Å². The Morgan fingerprint density at radius 2 is 0.800 bits per heavy atom. The number of hydrogen-bond acceptors (Lipinski definition) is 9. The van der Waals surface area contributed by atoms with Crippen molar-refractivity contribution in [3.63, 3.8) is 0 Å². The van der Waals surface area contributed by atoms with E-state index in [9.17, 15) is 39.6 Å². The van der Waals surface area contributed by atoms with E-state index < -0.39 is 23.1 Å². The van der Waals surface area contributed by atoms with Crippen molar-refractivity contribution in [1.29, 1.82) is 0 Å². The van der Waals surface area contributed by atoms with E-state index in [1.54, 1.807) is 24.3 Å². The van der Waals surface area contributed by atoms with Gasteiger partial charge in [-0.25, -0.2) is 0 Å². The fourth-order valence-corrected chi connectivity index (χ4v) is 9.22. The molecular formula is C54H44Cl8N4O9. The number of rotatable bonds is 14. The molecule has 7 N–H and O–H groups in total. The number of aliphatic hydroxyl groups is 1. The monoisotopic (exact) mass is 1170 g/mol. The highest BCUT2D eigenvalue weighted by atomic mass is 35.5. The van der Waals surface area contributed by atoms with Gasteiger partial charge in [0.2, 0.25) is 23.1 Å². The molecule has 0 aliphatic heterocycles. The molecule has 4 aromatic carbocycles. The molecule has 75 heavy (non-hydrogen) atoms. The van der Waals surface area contributed by atoms with Crippen molar-refractivity contribution in [1.82, 2.24) is 19.1 Å². The van der Waals surface area contributed by atoms with E-state index in [2.05, 4.69) is 23.1 Å². The van der Waals surface area contributed by atoms with Crippen molar-refractivity contribution in [2.24, 2.45) is 0 Å². The van der Waals surface area contributed by atoms with Crippen molar-refractivity contribution in [2.45, 2.75) is 34.1 Å². The molecule has 4 heterocycles. The average molecular weight is 1180 g/mol. The molecule has 4 aromatic heterocycles. The zero-order valence-corrected chi connectivity index (χ0v) is 44.9. The highest BCUT2D eigenvalue weighted by molar-refractivity contribution is 6.46. The second-order valence-corrected chi connectivity index (χ2v) is 18.7. The Morgan fingerprint density at radius 3 is 1.09 bits per heavy atom. The van der Waals surface area contributed by atoms with E-state index in [1.807, 2.05) is 13.8 Å². The number of aromatic amines is 2. The van der Waals surface area contributed by atoms with Gasteiger partial charge < -0.3 is 35.5 Å². The predicted molar refractivity (Wildman–Crippen MR) is 300 cm³/mol. The second-order valence-electron chi connectivity index (χ2n) is 15.6. The topological polar surface area (TPSA) is 211 Å². The molecule has 0 atom stereocenters. The van der Waals surface area contributed by atoms with Crippen LogP contribution in [0.15, 0.2) is 98.1 Å². The van der Waals surface area contributed by atoms with Gasteiger partial charge in [0, 0.05) is 7.11 Å². The minimum atomic E-state index is -0.676. The summed E-state index contributed by atoms with van der Waals surface area (Å²) >= 11 is 50.9. The van der Waals surface area contributed by atoms with Crippen LogP contribution in [0.5, 0.6) is 23.0 Å². The highest BCUT2D eigenvalue weighted by Gasteiger charge is 2.33. The molecule has 0 bridgehead atoms. The van der Waals surface area contributed by atoms with Gasteiger partial charge in [0.1, 0.15) is 65.0 Å². The first-order chi connectivity index (χ1) is 35.2. The number of benzene rings is 4. The maximum Gasteiger partial charge on any atom is 0.215 e. The normalized spacial score (nSPS) is 10.7. The summed E-state index contributed by atoms with van der Waals surface area (Å²) < 4.78 is 2.37. The molecule has 0 radical (unpaired) electrons. The van der Waals surface area contributed by atoms with Gasteiger partial charge in [-0.1, -0.05) is 164 Å². The van der Waals surface area contributed by atoms with Crippen LogP contribution in [0.25, 0.3) is 23.5 Å². The average Bonchev–Trinajstić information content (AvgIpc) is 4.07. The first-order valence-corrected chi connectivity index (χ1v) is 24.7. The molecule has 0 fully saturated rings. The summed E-state index contributed by atoms with van der Waals surface area (Å²) in [5.41, 5.74) is 2.31. The molecule has 0 saturated carbocycles. The molecule has 13 nitrogen and oxygen atoms in total. The van der Waals surface area contributed by atoms with Crippen LogP contribution in [0.3, 0.4) is 0 Å². The number of phenolic OH excluding ortho intramolecular Hbond substituents is 4. The van der Waals surface area contributed by atoms with Gasteiger partial charge >= 0.3 is 0 Å². The number of aromatic hydroxyl groups is 4. The maximum absolute atomic E-state index is 13.5. The fraction of sp³-hybridized carbons (Fsp3) is 0.111. The summed E-state index contributed by atoms with van der Waals surface area (Å²) in [6.45, 7) is 11.1. The van der Waals surface area contributed by atoms with Gasteiger partial charge in [-0.3, -0.25) is 28.3 Å². The van der Waals surface area contributed by atoms with Crippen LogP contribution < -0.4 is 0 Å². The smallest absolute Gasteiger partial charge is 0.215 e. The summed E-state index contributed by atoms with van der Waals surface area (Å²) in [6, 6.07) is 20.8. The van der Waals surface area contributed by atoms with Crippen molar-refractivity contribution >= 4 is 128 Å². The summed E-state index contributed by atoms with van der Waals surface area (Å²) in [5.74, 6) is -3.59. The standard InChI is InChI=1S/C26H20Cl4N2O4.C26H16Cl4N2O4.CH4O.CH4/c2*1-3-12-5-7-14(18(33)9-12)23(35)17-11-16(27)26(30)32(17)22-20(28)25(29)31-21(22)24(36)15-8-6-13(4-2)10-19(15)34;1-2;/h5-11,31,33-34H,3-4H2,1-2H3;3-11,31,33-34H,1-2H2;2H,1H3;1H4. The highest BCUT2D eigenvalue weighted by Crippen LogP contribution is 2.43. The summed E-state index contributed by atoms with van der Waals surface area (Å²) in [4.78, 5) is 59.4. The number of ketones is 4. The molecular weight excluding hydrogens is 1130 g/mol. The number of halogens is 8.